The molecule has 0 radical (unpaired) electrons. The molecule has 4 nitrogen and oxygen atoms in total. The van der Waals surface area contributed by atoms with Crippen molar-refractivity contribution in [2.45, 2.75) is 40.2 Å². The summed E-state index contributed by atoms with van der Waals surface area (Å²) in [6.07, 6.45) is 4.31. The highest BCUT2D eigenvalue weighted by Gasteiger charge is 2.33. The molecule has 5 heteroatoms. The fourth-order valence-electron chi connectivity index (χ4n) is 2.69. The molecule has 1 aromatic rings. The van der Waals surface area contributed by atoms with Gasteiger partial charge in [0.05, 0.1) is 12.2 Å². The van der Waals surface area contributed by atoms with Crippen LogP contribution < -0.4 is 5.32 Å². The van der Waals surface area contributed by atoms with Gasteiger partial charge in [0.1, 0.15) is 0 Å². The zero-order chi connectivity index (χ0) is 14.6. The third-order valence-corrected chi connectivity index (χ3v) is 4.45. The second kappa shape index (κ2) is 7.96. The Balaban J connectivity index is 0.00000220. The Bertz CT molecular complexity index is 489. The van der Waals surface area contributed by atoms with Crippen LogP contribution in [-0.2, 0) is 6.54 Å². The van der Waals surface area contributed by atoms with E-state index in [1.54, 1.807) is 0 Å². The Kier molecular flexibility index (Phi) is 6.90. The van der Waals surface area contributed by atoms with Crippen molar-refractivity contribution in [2.75, 3.05) is 20.1 Å². The number of likely N-dealkylation sites (tertiary alicyclic amines) is 1. The lowest BCUT2D eigenvalue weighted by Gasteiger charge is -2.25. The van der Waals surface area contributed by atoms with Crippen LogP contribution in [0.1, 0.15) is 37.9 Å². The summed E-state index contributed by atoms with van der Waals surface area (Å²) in [6, 6.07) is 4.07. The van der Waals surface area contributed by atoms with Crippen molar-refractivity contribution in [1.82, 2.24) is 15.2 Å². The Morgan fingerprint density at radius 2 is 2.29 bits per heavy atom. The quantitative estimate of drug-likeness (QED) is 0.480. The maximum absolute atomic E-state index is 4.42. The van der Waals surface area contributed by atoms with Gasteiger partial charge in [-0.15, -0.1) is 24.0 Å². The molecule has 1 N–H and O–H groups in total. The Morgan fingerprint density at radius 3 is 2.86 bits per heavy atom. The van der Waals surface area contributed by atoms with Crippen LogP contribution in [0.3, 0.4) is 0 Å². The SMILES string of the molecule is CCC1(C)CCN(C(=NC)NCc2ncccc2C)C1.I. The van der Waals surface area contributed by atoms with Crippen molar-refractivity contribution >= 4 is 29.9 Å². The standard InChI is InChI=1S/C16H26N4.HI/c1-5-16(3)8-10-20(12-16)15(17-4)19-11-14-13(2)7-6-9-18-14;/h6-7,9H,5,8,10-12H2,1-4H3,(H,17,19);1H. The summed E-state index contributed by atoms with van der Waals surface area (Å²) >= 11 is 0. The molecule has 21 heavy (non-hydrogen) atoms. The zero-order valence-corrected chi connectivity index (χ0v) is 15.8. The molecule has 118 valence electrons. The van der Waals surface area contributed by atoms with Crippen molar-refractivity contribution in [1.29, 1.82) is 0 Å². The molecular formula is C16H27IN4. The van der Waals surface area contributed by atoms with E-state index in [0.29, 0.717) is 5.41 Å². The first-order chi connectivity index (χ1) is 9.58. The first-order valence-corrected chi connectivity index (χ1v) is 7.44. The summed E-state index contributed by atoms with van der Waals surface area (Å²) in [4.78, 5) is 11.2. The van der Waals surface area contributed by atoms with E-state index in [9.17, 15) is 0 Å². The minimum absolute atomic E-state index is 0. The number of nitrogens with zero attached hydrogens (tertiary/aromatic N) is 3. The average Bonchev–Trinajstić information content (AvgIpc) is 2.85. The van der Waals surface area contributed by atoms with Crippen LogP contribution in [0.4, 0.5) is 0 Å². The van der Waals surface area contributed by atoms with Crippen molar-refractivity contribution in [3.63, 3.8) is 0 Å². The van der Waals surface area contributed by atoms with Gasteiger partial charge in [-0.05, 0) is 36.8 Å². The van der Waals surface area contributed by atoms with E-state index < -0.39 is 0 Å². The maximum atomic E-state index is 4.42. The molecule has 1 fully saturated rings. The summed E-state index contributed by atoms with van der Waals surface area (Å²) < 4.78 is 0. The molecule has 0 spiro atoms. The van der Waals surface area contributed by atoms with E-state index >= 15 is 0 Å². The number of hydrogen-bond donors (Lipinski definition) is 1. The minimum atomic E-state index is 0. The van der Waals surface area contributed by atoms with Crippen molar-refractivity contribution in [2.24, 2.45) is 10.4 Å². The van der Waals surface area contributed by atoms with Crippen LogP contribution in [0.15, 0.2) is 23.3 Å². The molecule has 1 aromatic heterocycles. The van der Waals surface area contributed by atoms with Gasteiger partial charge in [-0.25, -0.2) is 0 Å². The van der Waals surface area contributed by atoms with Gasteiger partial charge in [0.2, 0.25) is 0 Å². The largest absolute Gasteiger partial charge is 0.351 e. The summed E-state index contributed by atoms with van der Waals surface area (Å²) in [5.74, 6) is 0.993. The van der Waals surface area contributed by atoms with E-state index in [1.807, 2.05) is 19.3 Å². The maximum Gasteiger partial charge on any atom is 0.193 e. The molecule has 1 saturated heterocycles. The van der Waals surface area contributed by atoms with Crippen LogP contribution >= 0.6 is 24.0 Å². The number of guanidine groups is 1. The molecule has 2 heterocycles. The molecule has 0 amide bonds. The van der Waals surface area contributed by atoms with E-state index in [1.165, 1.54) is 18.4 Å². The van der Waals surface area contributed by atoms with Crippen LogP contribution in [0.5, 0.6) is 0 Å². The number of aromatic nitrogens is 1. The number of rotatable bonds is 3. The molecule has 0 saturated carbocycles. The number of aryl methyl sites for hydroxylation is 1. The molecular weight excluding hydrogens is 375 g/mol. The van der Waals surface area contributed by atoms with Crippen LogP contribution in [0.2, 0.25) is 0 Å². The second-order valence-corrected chi connectivity index (χ2v) is 6.00. The van der Waals surface area contributed by atoms with E-state index in [4.69, 9.17) is 0 Å². The Labute approximate surface area is 145 Å². The lowest BCUT2D eigenvalue weighted by atomic mass is 9.87. The summed E-state index contributed by atoms with van der Waals surface area (Å²) in [5.41, 5.74) is 2.74. The topological polar surface area (TPSA) is 40.5 Å². The molecule has 1 unspecified atom stereocenters. The highest BCUT2D eigenvalue weighted by Crippen LogP contribution is 2.32. The number of nitrogens with one attached hydrogen (secondary N) is 1. The normalized spacial score (nSPS) is 22.1. The zero-order valence-electron chi connectivity index (χ0n) is 13.5. The third kappa shape index (κ3) is 4.56. The van der Waals surface area contributed by atoms with Gasteiger partial charge in [0, 0.05) is 26.3 Å². The first kappa shape index (κ1) is 18.2. The number of halogens is 1. The second-order valence-electron chi connectivity index (χ2n) is 6.00. The number of aliphatic imine (C=N–C) groups is 1. The van der Waals surface area contributed by atoms with Crippen molar-refractivity contribution < 1.29 is 0 Å². The lowest BCUT2D eigenvalue weighted by Crippen LogP contribution is -2.40. The fraction of sp³-hybridized carbons (Fsp3) is 0.625. The third-order valence-electron chi connectivity index (χ3n) is 4.45. The molecule has 1 aliphatic rings. The van der Waals surface area contributed by atoms with Crippen molar-refractivity contribution in [3.8, 4) is 0 Å². The Morgan fingerprint density at radius 1 is 1.52 bits per heavy atom. The molecule has 0 bridgehead atoms. The highest BCUT2D eigenvalue weighted by atomic mass is 127. The van der Waals surface area contributed by atoms with Gasteiger partial charge in [-0.2, -0.15) is 0 Å². The van der Waals surface area contributed by atoms with E-state index in [-0.39, 0.29) is 24.0 Å². The van der Waals surface area contributed by atoms with E-state index in [2.05, 4.69) is 47.0 Å². The average molecular weight is 402 g/mol. The van der Waals surface area contributed by atoms with Crippen molar-refractivity contribution in [3.05, 3.63) is 29.6 Å². The summed E-state index contributed by atoms with van der Waals surface area (Å²) in [7, 11) is 1.86. The van der Waals surface area contributed by atoms with Gasteiger partial charge >= 0.3 is 0 Å². The van der Waals surface area contributed by atoms with Crippen LogP contribution in [0.25, 0.3) is 0 Å². The van der Waals surface area contributed by atoms with Gasteiger partial charge in [-0.1, -0.05) is 19.9 Å². The highest BCUT2D eigenvalue weighted by molar-refractivity contribution is 14.0. The van der Waals surface area contributed by atoms with Crippen LogP contribution in [0, 0.1) is 12.3 Å². The molecule has 2 rings (SSSR count). The molecule has 0 aliphatic carbocycles. The monoisotopic (exact) mass is 402 g/mol. The van der Waals surface area contributed by atoms with Gasteiger partial charge in [0.25, 0.3) is 0 Å². The minimum Gasteiger partial charge on any atom is -0.351 e. The predicted octanol–water partition coefficient (Wildman–Crippen LogP) is 3.21. The van der Waals surface area contributed by atoms with Gasteiger partial charge < -0.3 is 10.2 Å². The summed E-state index contributed by atoms with van der Waals surface area (Å²) in [5, 5.41) is 3.44. The summed E-state index contributed by atoms with van der Waals surface area (Å²) in [6.45, 7) is 9.64. The number of hydrogen-bond acceptors (Lipinski definition) is 2. The van der Waals surface area contributed by atoms with Crippen LogP contribution in [-0.4, -0.2) is 36.0 Å². The molecule has 0 aromatic carbocycles. The van der Waals surface area contributed by atoms with Gasteiger partial charge in [0.15, 0.2) is 5.96 Å². The molecule has 1 aliphatic heterocycles. The smallest absolute Gasteiger partial charge is 0.193 e. The van der Waals surface area contributed by atoms with E-state index in [0.717, 1.165) is 31.3 Å². The molecule has 1 atom stereocenters. The predicted molar refractivity (Wildman–Crippen MR) is 99.2 cm³/mol. The lowest BCUT2D eigenvalue weighted by molar-refractivity contribution is 0.322. The Hall–Kier alpha value is -0.850. The van der Waals surface area contributed by atoms with Gasteiger partial charge in [-0.3, -0.25) is 9.98 Å². The first-order valence-electron chi connectivity index (χ1n) is 7.44. The fourth-order valence-corrected chi connectivity index (χ4v) is 2.69. The number of pyridine rings is 1.